The minimum absolute atomic E-state index is 0.202. The number of nitrogens with zero attached hydrogens (tertiary/aromatic N) is 1. The first-order valence-electron chi connectivity index (χ1n) is 12.1. The number of carbonyl (C=O) groups is 1. The predicted octanol–water partition coefficient (Wildman–Crippen LogP) is 6.38. The standard InChI is InChI=1S/C30H28N2O4S/c1-31-22-13-14-23-25(17-22)37-16-15-24-27(23)32-29(36-19-21-11-7-4-8-12-21)26(30(33)34-2)28(24)35-18-20-9-5-3-6-10-20/h3-14,17,31H,15-16,18-19H2,1-2H3. The fourth-order valence-corrected chi connectivity index (χ4v) is 5.35. The van der Waals surface area contributed by atoms with Crippen molar-refractivity contribution in [2.75, 3.05) is 25.2 Å². The Kier molecular flexibility index (Phi) is 7.61. The summed E-state index contributed by atoms with van der Waals surface area (Å²) in [6.07, 6.45) is 0.684. The first-order valence-corrected chi connectivity index (χ1v) is 13.1. The summed E-state index contributed by atoms with van der Waals surface area (Å²) in [6.45, 7) is 0.563. The van der Waals surface area contributed by atoms with E-state index in [1.165, 1.54) is 7.11 Å². The van der Waals surface area contributed by atoms with Crippen molar-refractivity contribution in [1.82, 2.24) is 4.98 Å². The summed E-state index contributed by atoms with van der Waals surface area (Å²) in [7, 11) is 3.27. The molecule has 1 aliphatic rings. The number of esters is 1. The molecule has 4 aromatic rings. The van der Waals surface area contributed by atoms with Crippen molar-refractivity contribution in [3.05, 3.63) is 101 Å². The molecule has 0 radical (unpaired) electrons. The van der Waals surface area contributed by atoms with E-state index in [0.717, 1.165) is 44.3 Å². The van der Waals surface area contributed by atoms with Crippen LogP contribution in [0, 0.1) is 0 Å². The molecule has 5 rings (SSSR count). The molecule has 0 saturated heterocycles. The van der Waals surface area contributed by atoms with Gasteiger partial charge in [-0.15, -0.1) is 11.8 Å². The fraction of sp³-hybridized carbons (Fsp3) is 0.200. The molecule has 1 aromatic heterocycles. The van der Waals surface area contributed by atoms with Crippen LogP contribution in [0.3, 0.4) is 0 Å². The molecule has 7 heteroatoms. The fourth-order valence-electron chi connectivity index (χ4n) is 4.29. The van der Waals surface area contributed by atoms with E-state index < -0.39 is 5.97 Å². The van der Waals surface area contributed by atoms with E-state index in [2.05, 4.69) is 17.4 Å². The first-order chi connectivity index (χ1) is 18.2. The zero-order valence-electron chi connectivity index (χ0n) is 20.8. The molecular formula is C30H28N2O4S. The monoisotopic (exact) mass is 512 g/mol. The summed E-state index contributed by atoms with van der Waals surface area (Å²) in [6, 6.07) is 25.9. The maximum absolute atomic E-state index is 13.1. The summed E-state index contributed by atoms with van der Waals surface area (Å²) < 4.78 is 17.8. The predicted molar refractivity (Wildman–Crippen MR) is 147 cm³/mol. The molecule has 37 heavy (non-hydrogen) atoms. The molecule has 0 atom stereocenters. The smallest absolute Gasteiger partial charge is 0.347 e. The van der Waals surface area contributed by atoms with E-state index in [4.69, 9.17) is 19.2 Å². The molecule has 0 saturated carbocycles. The highest BCUT2D eigenvalue weighted by Crippen LogP contribution is 2.45. The average Bonchev–Trinajstić information content (AvgIpc) is 3.14. The highest BCUT2D eigenvalue weighted by atomic mass is 32.2. The van der Waals surface area contributed by atoms with Crippen molar-refractivity contribution in [3.63, 3.8) is 0 Å². The quantitative estimate of drug-likeness (QED) is 0.275. The van der Waals surface area contributed by atoms with Crippen LogP contribution in [0.15, 0.2) is 83.8 Å². The van der Waals surface area contributed by atoms with Gasteiger partial charge in [-0.3, -0.25) is 0 Å². The Labute approximate surface area is 221 Å². The van der Waals surface area contributed by atoms with E-state index in [9.17, 15) is 4.79 Å². The van der Waals surface area contributed by atoms with Crippen molar-refractivity contribution in [3.8, 4) is 22.9 Å². The lowest BCUT2D eigenvalue weighted by Crippen LogP contribution is -2.14. The number of carbonyl (C=O) groups excluding carboxylic acids is 1. The minimum atomic E-state index is -0.538. The zero-order chi connectivity index (χ0) is 25.6. The Bertz CT molecular complexity index is 1390. The molecule has 3 aromatic carbocycles. The van der Waals surface area contributed by atoms with E-state index in [1.807, 2.05) is 73.8 Å². The Hall–Kier alpha value is -3.97. The number of nitrogens with one attached hydrogen (secondary N) is 1. The second-order valence-electron chi connectivity index (χ2n) is 8.55. The van der Waals surface area contributed by atoms with Gasteiger partial charge in [0, 0.05) is 34.5 Å². The molecule has 1 N–H and O–H groups in total. The maximum Gasteiger partial charge on any atom is 0.347 e. The number of hydrogen-bond acceptors (Lipinski definition) is 7. The van der Waals surface area contributed by atoms with Crippen LogP contribution < -0.4 is 14.8 Å². The number of methoxy groups -OCH3 is 1. The number of rotatable bonds is 8. The average molecular weight is 513 g/mol. The Morgan fingerprint density at radius 2 is 1.62 bits per heavy atom. The van der Waals surface area contributed by atoms with Gasteiger partial charge in [-0.25, -0.2) is 9.78 Å². The van der Waals surface area contributed by atoms with Crippen LogP contribution >= 0.6 is 11.8 Å². The number of thioether (sulfide) groups is 1. The molecule has 1 aliphatic heterocycles. The summed E-state index contributed by atoms with van der Waals surface area (Å²) >= 11 is 1.76. The number of benzene rings is 3. The highest BCUT2D eigenvalue weighted by Gasteiger charge is 2.30. The van der Waals surface area contributed by atoms with E-state index in [-0.39, 0.29) is 18.1 Å². The van der Waals surface area contributed by atoms with Crippen molar-refractivity contribution in [2.45, 2.75) is 24.5 Å². The van der Waals surface area contributed by atoms with Gasteiger partial charge < -0.3 is 19.5 Å². The van der Waals surface area contributed by atoms with Crippen LogP contribution in [-0.2, 0) is 24.4 Å². The number of aromatic nitrogens is 1. The Morgan fingerprint density at radius 3 is 2.27 bits per heavy atom. The number of pyridine rings is 1. The molecule has 0 aliphatic carbocycles. The van der Waals surface area contributed by atoms with Crippen LogP contribution in [0.2, 0.25) is 0 Å². The molecule has 0 fully saturated rings. The van der Waals surface area contributed by atoms with Crippen LogP contribution in [-0.4, -0.2) is 30.9 Å². The molecule has 0 amide bonds. The number of anilines is 1. The molecule has 2 heterocycles. The van der Waals surface area contributed by atoms with Crippen molar-refractivity contribution < 1.29 is 19.0 Å². The normalized spacial score (nSPS) is 12.1. The summed E-state index contributed by atoms with van der Waals surface area (Å²) in [5.41, 5.74) is 5.85. The summed E-state index contributed by atoms with van der Waals surface area (Å²) in [5.74, 6) is 0.952. The molecule has 0 spiro atoms. The summed E-state index contributed by atoms with van der Waals surface area (Å²) in [4.78, 5) is 19.2. The molecule has 0 unspecified atom stereocenters. The Balaban J connectivity index is 1.66. The van der Waals surface area contributed by atoms with E-state index >= 15 is 0 Å². The second-order valence-corrected chi connectivity index (χ2v) is 9.68. The number of fused-ring (bicyclic) bond motifs is 3. The maximum atomic E-state index is 13.1. The third-order valence-corrected chi connectivity index (χ3v) is 7.24. The van der Waals surface area contributed by atoms with Crippen LogP contribution in [0.4, 0.5) is 5.69 Å². The van der Waals surface area contributed by atoms with Gasteiger partial charge in [0.1, 0.15) is 19.0 Å². The lowest BCUT2D eigenvalue weighted by molar-refractivity contribution is 0.0588. The third kappa shape index (κ3) is 5.42. The minimum Gasteiger partial charge on any atom is -0.487 e. The summed E-state index contributed by atoms with van der Waals surface area (Å²) in [5, 5.41) is 3.21. The molecule has 6 nitrogen and oxygen atoms in total. The van der Waals surface area contributed by atoms with Crippen molar-refractivity contribution >= 4 is 23.4 Å². The van der Waals surface area contributed by atoms with Gasteiger partial charge in [0.15, 0.2) is 5.56 Å². The Morgan fingerprint density at radius 1 is 0.946 bits per heavy atom. The van der Waals surface area contributed by atoms with E-state index in [1.54, 1.807) is 11.8 Å². The van der Waals surface area contributed by atoms with E-state index in [0.29, 0.717) is 18.8 Å². The van der Waals surface area contributed by atoms with Gasteiger partial charge in [-0.1, -0.05) is 60.7 Å². The van der Waals surface area contributed by atoms with Crippen LogP contribution in [0.1, 0.15) is 27.0 Å². The van der Waals surface area contributed by atoms with Gasteiger partial charge in [0.2, 0.25) is 5.88 Å². The lowest BCUT2D eigenvalue weighted by atomic mass is 10.00. The SMILES string of the molecule is CNc1ccc2c(c1)SCCc1c-2nc(OCc2ccccc2)c(C(=O)OC)c1OCc1ccccc1. The zero-order valence-corrected chi connectivity index (χ0v) is 21.6. The van der Waals surface area contributed by atoms with Gasteiger partial charge >= 0.3 is 5.97 Å². The molecule has 0 bridgehead atoms. The lowest BCUT2D eigenvalue weighted by Gasteiger charge is -2.20. The topological polar surface area (TPSA) is 69.7 Å². The van der Waals surface area contributed by atoms with Crippen LogP contribution in [0.25, 0.3) is 11.3 Å². The molecule has 188 valence electrons. The van der Waals surface area contributed by atoms with Gasteiger partial charge in [-0.2, -0.15) is 0 Å². The largest absolute Gasteiger partial charge is 0.487 e. The van der Waals surface area contributed by atoms with Crippen LogP contribution in [0.5, 0.6) is 11.6 Å². The highest BCUT2D eigenvalue weighted by molar-refractivity contribution is 7.99. The van der Waals surface area contributed by atoms with Gasteiger partial charge in [-0.05, 0) is 35.7 Å². The number of hydrogen-bond donors (Lipinski definition) is 1. The van der Waals surface area contributed by atoms with Gasteiger partial charge in [0.25, 0.3) is 0 Å². The number of ether oxygens (including phenoxy) is 3. The van der Waals surface area contributed by atoms with Crippen molar-refractivity contribution in [2.24, 2.45) is 0 Å². The molecular weight excluding hydrogens is 484 g/mol. The first kappa shape index (κ1) is 24.7. The van der Waals surface area contributed by atoms with Crippen molar-refractivity contribution in [1.29, 1.82) is 0 Å². The third-order valence-electron chi connectivity index (χ3n) is 6.18. The second kappa shape index (κ2) is 11.4. The van der Waals surface area contributed by atoms with Gasteiger partial charge in [0.05, 0.1) is 12.8 Å².